The van der Waals surface area contributed by atoms with Gasteiger partial charge in [-0.1, -0.05) is 37.5 Å². The van der Waals surface area contributed by atoms with E-state index in [1.54, 1.807) is 18.2 Å². The van der Waals surface area contributed by atoms with Gasteiger partial charge >= 0.3 is 12.1 Å². The number of carbonyl (C=O) groups is 1. The molecule has 1 aliphatic heterocycles. The second kappa shape index (κ2) is 6.87. The van der Waals surface area contributed by atoms with E-state index in [2.05, 4.69) is 0 Å². The van der Waals surface area contributed by atoms with Crippen LogP contribution in [0.1, 0.15) is 37.7 Å². The quantitative estimate of drug-likeness (QED) is 0.759. The molecule has 3 rings (SSSR count). The number of rotatable bonds is 3. The van der Waals surface area contributed by atoms with Gasteiger partial charge in [0.05, 0.1) is 12.2 Å². The number of esters is 1. The van der Waals surface area contributed by atoms with Crippen LogP contribution in [-0.4, -0.2) is 24.9 Å². The zero-order valence-corrected chi connectivity index (χ0v) is 13.1. The molecule has 0 N–H and O–H groups in total. The average Bonchev–Trinajstić information content (AvgIpc) is 2.58. The van der Waals surface area contributed by atoms with Crippen molar-refractivity contribution in [3.8, 4) is 5.75 Å². The topological polar surface area (TPSA) is 35.5 Å². The molecule has 1 saturated carbocycles. The van der Waals surface area contributed by atoms with Crippen LogP contribution in [0.2, 0.25) is 0 Å². The molecule has 0 spiro atoms. The molecule has 1 aromatic rings. The van der Waals surface area contributed by atoms with Crippen molar-refractivity contribution in [2.24, 2.45) is 5.92 Å². The third-order valence-corrected chi connectivity index (χ3v) is 4.47. The maximum Gasteiger partial charge on any atom is 0.430 e. The first-order chi connectivity index (χ1) is 11.4. The zero-order chi connectivity index (χ0) is 17.2. The Morgan fingerprint density at radius 2 is 1.88 bits per heavy atom. The van der Waals surface area contributed by atoms with Crippen molar-refractivity contribution in [3.63, 3.8) is 0 Å². The molecule has 2 aliphatic rings. The summed E-state index contributed by atoms with van der Waals surface area (Å²) < 4.78 is 50.0. The Balaban J connectivity index is 1.76. The molecule has 3 nitrogen and oxygen atoms in total. The fourth-order valence-electron chi connectivity index (χ4n) is 3.18. The Morgan fingerprint density at radius 3 is 2.58 bits per heavy atom. The van der Waals surface area contributed by atoms with Crippen LogP contribution >= 0.6 is 0 Å². The van der Waals surface area contributed by atoms with Crippen LogP contribution in [0.3, 0.4) is 0 Å². The SMILES string of the molecule is O=C(OCC1CCCCC1)C1=Cc2ccccc2OC1C(F)(F)F. The molecule has 130 valence electrons. The molecule has 0 radical (unpaired) electrons. The van der Waals surface area contributed by atoms with E-state index in [-0.39, 0.29) is 18.3 Å². The molecule has 24 heavy (non-hydrogen) atoms. The summed E-state index contributed by atoms with van der Waals surface area (Å²) in [5.74, 6) is -0.592. The number of alkyl halides is 3. The van der Waals surface area contributed by atoms with Crippen molar-refractivity contribution < 1.29 is 27.4 Å². The van der Waals surface area contributed by atoms with Crippen LogP contribution < -0.4 is 4.74 Å². The minimum Gasteiger partial charge on any atom is -0.475 e. The summed E-state index contributed by atoms with van der Waals surface area (Å²) in [4.78, 5) is 12.2. The predicted octanol–water partition coefficient (Wildman–Crippen LogP) is 4.52. The molecule has 1 heterocycles. The first-order valence-corrected chi connectivity index (χ1v) is 8.16. The van der Waals surface area contributed by atoms with Gasteiger partial charge in [-0.2, -0.15) is 13.2 Å². The molecule has 1 aromatic carbocycles. The minimum atomic E-state index is -4.68. The van der Waals surface area contributed by atoms with E-state index >= 15 is 0 Å². The fraction of sp³-hybridized carbons (Fsp3) is 0.500. The first-order valence-electron chi connectivity index (χ1n) is 8.16. The lowest BCUT2D eigenvalue weighted by molar-refractivity contribution is -0.188. The number of hydrogen-bond acceptors (Lipinski definition) is 3. The van der Waals surface area contributed by atoms with Gasteiger partial charge < -0.3 is 9.47 Å². The molecule has 0 bridgehead atoms. The van der Waals surface area contributed by atoms with Crippen molar-refractivity contribution in [1.29, 1.82) is 0 Å². The fourth-order valence-corrected chi connectivity index (χ4v) is 3.18. The van der Waals surface area contributed by atoms with Gasteiger partial charge in [0.15, 0.2) is 0 Å². The van der Waals surface area contributed by atoms with E-state index in [0.717, 1.165) is 32.1 Å². The molecule has 0 aromatic heterocycles. The smallest absolute Gasteiger partial charge is 0.430 e. The van der Waals surface area contributed by atoms with Gasteiger partial charge in [0.25, 0.3) is 0 Å². The molecule has 0 saturated heterocycles. The highest BCUT2D eigenvalue weighted by Gasteiger charge is 2.48. The maximum atomic E-state index is 13.3. The Morgan fingerprint density at radius 1 is 1.17 bits per heavy atom. The number of para-hydroxylation sites is 1. The largest absolute Gasteiger partial charge is 0.475 e. The molecule has 0 amide bonds. The third-order valence-electron chi connectivity index (χ3n) is 4.47. The van der Waals surface area contributed by atoms with Crippen LogP contribution in [0.25, 0.3) is 6.08 Å². The van der Waals surface area contributed by atoms with E-state index in [9.17, 15) is 18.0 Å². The van der Waals surface area contributed by atoms with Gasteiger partial charge in [-0.05, 0) is 30.9 Å². The van der Waals surface area contributed by atoms with Gasteiger partial charge in [0, 0.05) is 5.56 Å². The van der Waals surface area contributed by atoms with Crippen molar-refractivity contribution >= 4 is 12.0 Å². The number of hydrogen-bond donors (Lipinski definition) is 0. The van der Waals surface area contributed by atoms with E-state index in [0.29, 0.717) is 5.56 Å². The lowest BCUT2D eigenvalue weighted by atomic mass is 9.90. The number of halogens is 3. The van der Waals surface area contributed by atoms with Gasteiger partial charge in [0.2, 0.25) is 6.10 Å². The van der Waals surface area contributed by atoms with Crippen LogP contribution in [0.4, 0.5) is 13.2 Å². The monoisotopic (exact) mass is 340 g/mol. The number of fused-ring (bicyclic) bond motifs is 1. The summed E-state index contributed by atoms with van der Waals surface area (Å²) >= 11 is 0. The van der Waals surface area contributed by atoms with Gasteiger partial charge in [-0.25, -0.2) is 4.79 Å². The number of ether oxygens (including phenoxy) is 2. The highest BCUT2D eigenvalue weighted by molar-refractivity contribution is 5.96. The summed E-state index contributed by atoms with van der Waals surface area (Å²) in [5, 5.41) is 0. The molecule has 1 atom stereocenters. The summed E-state index contributed by atoms with van der Waals surface area (Å²) in [6.45, 7) is 0.169. The average molecular weight is 340 g/mol. The highest BCUT2D eigenvalue weighted by atomic mass is 19.4. The van der Waals surface area contributed by atoms with E-state index in [1.807, 2.05) is 0 Å². The Bertz CT molecular complexity index is 631. The van der Waals surface area contributed by atoms with Crippen LogP contribution in [0.15, 0.2) is 29.8 Å². The van der Waals surface area contributed by atoms with Crippen molar-refractivity contribution in [2.75, 3.05) is 6.61 Å². The molecular weight excluding hydrogens is 321 g/mol. The summed E-state index contributed by atoms with van der Waals surface area (Å²) in [5.41, 5.74) is -0.0420. The number of benzene rings is 1. The number of carbonyl (C=O) groups excluding carboxylic acids is 1. The van der Waals surface area contributed by atoms with Gasteiger partial charge in [-0.3, -0.25) is 0 Å². The molecule has 1 fully saturated rings. The third kappa shape index (κ3) is 3.74. The lowest BCUT2D eigenvalue weighted by Gasteiger charge is -2.28. The standard InChI is InChI=1S/C18H19F3O3/c19-18(20,21)16-14(10-13-8-4-5-9-15(13)24-16)17(22)23-11-12-6-2-1-3-7-12/h4-5,8-10,12,16H,1-3,6-7,11H2. The summed E-state index contributed by atoms with van der Waals surface area (Å²) in [6, 6.07) is 6.33. The van der Waals surface area contributed by atoms with Crippen molar-refractivity contribution in [2.45, 2.75) is 44.4 Å². The molecular formula is C18H19F3O3. The van der Waals surface area contributed by atoms with E-state index in [4.69, 9.17) is 9.47 Å². The summed E-state index contributed by atoms with van der Waals surface area (Å²) in [6.07, 6.45) is -0.520. The molecule has 1 unspecified atom stereocenters. The van der Waals surface area contributed by atoms with Crippen molar-refractivity contribution in [1.82, 2.24) is 0 Å². The lowest BCUT2D eigenvalue weighted by Crippen LogP contribution is -2.41. The van der Waals surface area contributed by atoms with E-state index in [1.165, 1.54) is 12.1 Å². The van der Waals surface area contributed by atoms with E-state index < -0.39 is 23.8 Å². The zero-order valence-electron chi connectivity index (χ0n) is 13.1. The van der Waals surface area contributed by atoms with Gasteiger partial charge in [-0.15, -0.1) is 0 Å². The molecule has 1 aliphatic carbocycles. The van der Waals surface area contributed by atoms with Gasteiger partial charge in [0.1, 0.15) is 5.75 Å². The second-order valence-corrected chi connectivity index (χ2v) is 6.28. The molecule has 6 heteroatoms. The predicted molar refractivity (Wildman–Crippen MR) is 82.4 cm³/mol. The first kappa shape index (κ1) is 16.9. The minimum absolute atomic E-state index is 0.114. The Hall–Kier alpha value is -1.98. The summed E-state index contributed by atoms with van der Waals surface area (Å²) in [7, 11) is 0. The highest BCUT2D eigenvalue weighted by Crippen LogP contribution is 2.37. The second-order valence-electron chi connectivity index (χ2n) is 6.28. The maximum absolute atomic E-state index is 13.3. The van der Waals surface area contributed by atoms with Crippen LogP contribution in [0, 0.1) is 5.92 Å². The Labute approximate surface area is 138 Å². The van der Waals surface area contributed by atoms with Crippen LogP contribution in [0.5, 0.6) is 5.75 Å². The van der Waals surface area contributed by atoms with Crippen LogP contribution in [-0.2, 0) is 9.53 Å². The normalized spacial score (nSPS) is 21.5. The van der Waals surface area contributed by atoms with Crippen molar-refractivity contribution in [3.05, 3.63) is 35.4 Å². The Kier molecular flexibility index (Phi) is 4.83.